The van der Waals surface area contributed by atoms with Crippen LogP contribution in [0.4, 0.5) is 16.2 Å². The standard InChI is InChI=1S/C18H18N2O3/c1-12-11-13-7-3-6-10-16(13)20(12)18(22)19-15-9-5-4-8-14(15)17(21)23-2/h3-10,12H,11H2,1-2H3,(H,19,22)/t12-/m0/s1. The van der Waals surface area contributed by atoms with Gasteiger partial charge in [0.2, 0.25) is 0 Å². The van der Waals surface area contributed by atoms with Crippen LogP contribution in [0.2, 0.25) is 0 Å². The van der Waals surface area contributed by atoms with Gasteiger partial charge in [0.05, 0.1) is 18.4 Å². The summed E-state index contributed by atoms with van der Waals surface area (Å²) < 4.78 is 4.76. The van der Waals surface area contributed by atoms with Crippen LogP contribution >= 0.6 is 0 Å². The third kappa shape index (κ3) is 2.77. The lowest BCUT2D eigenvalue weighted by Crippen LogP contribution is -2.39. The van der Waals surface area contributed by atoms with E-state index in [1.165, 1.54) is 7.11 Å². The molecular formula is C18H18N2O3. The number of esters is 1. The minimum Gasteiger partial charge on any atom is -0.465 e. The summed E-state index contributed by atoms with van der Waals surface area (Å²) in [6.07, 6.45) is 0.822. The molecule has 1 heterocycles. The third-order valence-electron chi connectivity index (χ3n) is 4.00. The van der Waals surface area contributed by atoms with Crippen molar-refractivity contribution in [1.29, 1.82) is 0 Å². The first-order valence-electron chi connectivity index (χ1n) is 7.47. The highest BCUT2D eigenvalue weighted by molar-refractivity contribution is 6.07. The summed E-state index contributed by atoms with van der Waals surface area (Å²) in [6, 6.07) is 14.5. The molecule has 3 rings (SSSR count). The quantitative estimate of drug-likeness (QED) is 0.864. The van der Waals surface area contributed by atoms with Crippen molar-refractivity contribution in [2.45, 2.75) is 19.4 Å². The van der Waals surface area contributed by atoms with Gasteiger partial charge in [-0.25, -0.2) is 9.59 Å². The number of methoxy groups -OCH3 is 1. The number of amides is 2. The van der Waals surface area contributed by atoms with Crippen LogP contribution < -0.4 is 10.2 Å². The van der Waals surface area contributed by atoms with Crippen LogP contribution in [0.5, 0.6) is 0 Å². The van der Waals surface area contributed by atoms with E-state index in [1.807, 2.05) is 31.2 Å². The first-order chi connectivity index (χ1) is 11.1. The molecule has 1 N–H and O–H groups in total. The molecule has 0 aliphatic carbocycles. The molecule has 0 spiro atoms. The van der Waals surface area contributed by atoms with Crippen molar-refractivity contribution in [3.05, 3.63) is 59.7 Å². The maximum absolute atomic E-state index is 12.7. The molecule has 0 fully saturated rings. The van der Waals surface area contributed by atoms with Crippen molar-refractivity contribution in [3.8, 4) is 0 Å². The second-order valence-corrected chi connectivity index (χ2v) is 5.52. The fourth-order valence-electron chi connectivity index (χ4n) is 2.93. The fourth-order valence-corrected chi connectivity index (χ4v) is 2.93. The summed E-state index contributed by atoms with van der Waals surface area (Å²) in [5.41, 5.74) is 2.84. The number of urea groups is 1. The number of nitrogens with zero attached hydrogens (tertiary/aromatic N) is 1. The SMILES string of the molecule is COC(=O)c1ccccc1NC(=O)N1c2ccccc2C[C@@H]1C. The van der Waals surface area contributed by atoms with Crippen LogP contribution in [-0.2, 0) is 11.2 Å². The molecule has 0 unspecified atom stereocenters. The molecule has 1 atom stereocenters. The zero-order chi connectivity index (χ0) is 16.4. The van der Waals surface area contributed by atoms with Gasteiger partial charge < -0.3 is 10.1 Å². The lowest BCUT2D eigenvalue weighted by Gasteiger charge is -2.23. The van der Waals surface area contributed by atoms with Gasteiger partial charge in [0, 0.05) is 11.7 Å². The van der Waals surface area contributed by atoms with E-state index in [2.05, 4.69) is 5.32 Å². The molecule has 23 heavy (non-hydrogen) atoms. The monoisotopic (exact) mass is 310 g/mol. The van der Waals surface area contributed by atoms with Crippen LogP contribution in [0, 0.1) is 0 Å². The van der Waals surface area contributed by atoms with Gasteiger partial charge in [-0.15, -0.1) is 0 Å². The Morgan fingerprint density at radius 1 is 1.13 bits per heavy atom. The van der Waals surface area contributed by atoms with Crippen molar-refractivity contribution >= 4 is 23.4 Å². The number of anilines is 2. The highest BCUT2D eigenvalue weighted by Gasteiger charge is 2.31. The van der Waals surface area contributed by atoms with E-state index in [4.69, 9.17) is 4.74 Å². The van der Waals surface area contributed by atoms with Crippen molar-refractivity contribution in [1.82, 2.24) is 0 Å². The fraction of sp³-hybridized carbons (Fsp3) is 0.222. The number of hydrogen-bond donors (Lipinski definition) is 1. The summed E-state index contributed by atoms with van der Waals surface area (Å²) in [7, 11) is 1.32. The number of carbonyl (C=O) groups excluding carboxylic acids is 2. The summed E-state index contributed by atoms with van der Waals surface area (Å²) in [6.45, 7) is 2.01. The number of nitrogens with one attached hydrogen (secondary N) is 1. The van der Waals surface area contributed by atoms with E-state index in [1.54, 1.807) is 29.2 Å². The Morgan fingerprint density at radius 3 is 2.61 bits per heavy atom. The van der Waals surface area contributed by atoms with Gasteiger partial charge in [-0.2, -0.15) is 0 Å². The molecule has 5 heteroatoms. The number of rotatable bonds is 2. The Morgan fingerprint density at radius 2 is 1.83 bits per heavy atom. The largest absolute Gasteiger partial charge is 0.465 e. The molecule has 2 aromatic rings. The smallest absolute Gasteiger partial charge is 0.339 e. The normalized spacial score (nSPS) is 15.9. The zero-order valence-electron chi connectivity index (χ0n) is 13.1. The molecule has 5 nitrogen and oxygen atoms in total. The molecular weight excluding hydrogens is 292 g/mol. The van der Waals surface area contributed by atoms with Gasteiger partial charge in [0.1, 0.15) is 0 Å². The van der Waals surface area contributed by atoms with Crippen LogP contribution in [0.1, 0.15) is 22.8 Å². The summed E-state index contributed by atoms with van der Waals surface area (Å²) in [5, 5.41) is 2.83. The predicted molar refractivity (Wildman–Crippen MR) is 88.9 cm³/mol. The average Bonchev–Trinajstić information content (AvgIpc) is 2.90. The van der Waals surface area contributed by atoms with E-state index in [9.17, 15) is 9.59 Å². The lowest BCUT2D eigenvalue weighted by molar-refractivity contribution is 0.0602. The first-order valence-corrected chi connectivity index (χ1v) is 7.47. The maximum Gasteiger partial charge on any atom is 0.339 e. The number of carbonyl (C=O) groups is 2. The van der Waals surface area contributed by atoms with E-state index >= 15 is 0 Å². The molecule has 0 radical (unpaired) electrons. The van der Waals surface area contributed by atoms with Gasteiger partial charge in [0.25, 0.3) is 0 Å². The second kappa shape index (κ2) is 6.12. The van der Waals surface area contributed by atoms with Crippen LogP contribution in [-0.4, -0.2) is 25.2 Å². The van der Waals surface area contributed by atoms with E-state index in [0.29, 0.717) is 11.3 Å². The van der Waals surface area contributed by atoms with Crippen molar-refractivity contribution in [3.63, 3.8) is 0 Å². The molecule has 0 saturated carbocycles. The Balaban J connectivity index is 1.87. The van der Waals surface area contributed by atoms with Crippen molar-refractivity contribution in [2.75, 3.05) is 17.3 Å². The molecule has 118 valence electrons. The second-order valence-electron chi connectivity index (χ2n) is 5.52. The minimum absolute atomic E-state index is 0.0673. The van der Waals surface area contributed by atoms with Crippen molar-refractivity contribution in [2.24, 2.45) is 0 Å². The van der Waals surface area contributed by atoms with Gasteiger partial charge in [-0.3, -0.25) is 4.90 Å². The Kier molecular flexibility index (Phi) is 4.02. The predicted octanol–water partition coefficient (Wildman–Crippen LogP) is 3.46. The zero-order valence-corrected chi connectivity index (χ0v) is 13.1. The van der Waals surface area contributed by atoms with Crippen molar-refractivity contribution < 1.29 is 14.3 Å². The third-order valence-corrected chi connectivity index (χ3v) is 4.00. The van der Waals surface area contributed by atoms with Gasteiger partial charge >= 0.3 is 12.0 Å². The van der Waals surface area contributed by atoms with Crippen LogP contribution in [0.3, 0.4) is 0 Å². The molecule has 1 aliphatic rings. The Hall–Kier alpha value is -2.82. The molecule has 2 aromatic carbocycles. The summed E-state index contributed by atoms with van der Waals surface area (Å²) >= 11 is 0. The number of hydrogen-bond acceptors (Lipinski definition) is 3. The number of benzene rings is 2. The number of fused-ring (bicyclic) bond motifs is 1. The Labute approximate surface area is 134 Å². The van der Waals surface area contributed by atoms with Gasteiger partial charge in [-0.1, -0.05) is 30.3 Å². The molecule has 1 aliphatic heterocycles. The molecule has 0 saturated heterocycles. The molecule has 2 amide bonds. The highest BCUT2D eigenvalue weighted by atomic mass is 16.5. The van der Waals surface area contributed by atoms with E-state index in [-0.39, 0.29) is 12.1 Å². The summed E-state index contributed by atoms with van der Waals surface area (Å²) in [5.74, 6) is -0.476. The summed E-state index contributed by atoms with van der Waals surface area (Å²) in [4.78, 5) is 26.3. The lowest BCUT2D eigenvalue weighted by atomic mass is 10.1. The van der Waals surface area contributed by atoms with Crippen LogP contribution in [0.15, 0.2) is 48.5 Å². The first kappa shape index (κ1) is 15.1. The minimum atomic E-state index is -0.476. The Bertz CT molecular complexity index is 757. The topological polar surface area (TPSA) is 58.6 Å². The average molecular weight is 310 g/mol. The van der Waals surface area contributed by atoms with Crippen LogP contribution in [0.25, 0.3) is 0 Å². The van der Waals surface area contributed by atoms with E-state index in [0.717, 1.165) is 17.7 Å². The molecule has 0 bridgehead atoms. The van der Waals surface area contributed by atoms with E-state index < -0.39 is 5.97 Å². The maximum atomic E-state index is 12.7. The number of para-hydroxylation sites is 2. The number of ether oxygens (including phenoxy) is 1. The van der Waals surface area contributed by atoms with Gasteiger partial charge in [-0.05, 0) is 37.1 Å². The molecule has 0 aromatic heterocycles. The van der Waals surface area contributed by atoms with Gasteiger partial charge in [0.15, 0.2) is 0 Å². The highest BCUT2D eigenvalue weighted by Crippen LogP contribution is 2.32.